The zero-order chi connectivity index (χ0) is 17.6. The number of rotatable bonds is 5. The van der Waals surface area contributed by atoms with Crippen molar-refractivity contribution < 1.29 is 9.53 Å². The Kier molecular flexibility index (Phi) is 5.19. The van der Waals surface area contributed by atoms with Crippen LogP contribution in [0.25, 0.3) is 0 Å². The van der Waals surface area contributed by atoms with E-state index in [2.05, 4.69) is 5.32 Å². The molecule has 0 aliphatic rings. The number of hydrogen-bond acceptors (Lipinski definition) is 2. The van der Waals surface area contributed by atoms with E-state index >= 15 is 0 Å². The van der Waals surface area contributed by atoms with Crippen LogP contribution in [0.1, 0.15) is 21.5 Å². The van der Waals surface area contributed by atoms with Crippen molar-refractivity contribution in [2.24, 2.45) is 0 Å². The van der Waals surface area contributed by atoms with Crippen LogP contribution in [0.15, 0.2) is 72.8 Å². The lowest BCUT2D eigenvalue weighted by atomic mass is 9.93. The van der Waals surface area contributed by atoms with Crippen LogP contribution in [0.3, 0.4) is 0 Å². The number of carbonyl (C=O) groups is 1. The van der Waals surface area contributed by atoms with Crippen LogP contribution in [0, 0.1) is 6.92 Å². The molecule has 0 unspecified atom stereocenters. The molecule has 0 atom stereocenters. The first-order valence-corrected chi connectivity index (χ1v) is 8.27. The van der Waals surface area contributed by atoms with Crippen LogP contribution in [-0.2, 0) is 6.61 Å². The fourth-order valence-electron chi connectivity index (χ4n) is 2.60. The summed E-state index contributed by atoms with van der Waals surface area (Å²) in [5, 5.41) is 2.95. The maximum atomic E-state index is 12.7. The Morgan fingerprint density at radius 3 is 2.56 bits per heavy atom. The largest absolute Gasteiger partial charge is 0.488 e. The summed E-state index contributed by atoms with van der Waals surface area (Å²) in [6.07, 6.45) is 0. The number of amides is 1. The Morgan fingerprint density at radius 2 is 1.80 bits per heavy atom. The Labute approximate surface area is 149 Å². The van der Waals surface area contributed by atoms with Crippen LogP contribution in [0.4, 0.5) is 5.69 Å². The molecule has 3 nitrogen and oxygen atoms in total. The second-order valence-electron chi connectivity index (χ2n) is 6.10. The van der Waals surface area contributed by atoms with E-state index < -0.39 is 0 Å². The third-order valence-electron chi connectivity index (χ3n) is 3.89. The molecule has 3 rings (SSSR count). The summed E-state index contributed by atoms with van der Waals surface area (Å²) in [6, 6.07) is 23.3. The van der Waals surface area contributed by atoms with Crippen molar-refractivity contribution in [3.63, 3.8) is 0 Å². The quantitative estimate of drug-likeness (QED) is 0.731. The number of benzene rings is 3. The molecule has 0 aromatic heterocycles. The van der Waals surface area contributed by atoms with Crippen LogP contribution < -0.4 is 15.5 Å². The highest BCUT2D eigenvalue weighted by Gasteiger charge is 2.13. The molecular formula is C21H20BNO2. The molecule has 1 N–H and O–H groups in total. The van der Waals surface area contributed by atoms with Crippen molar-refractivity contribution in [3.05, 3.63) is 89.5 Å². The molecule has 0 aliphatic heterocycles. The highest BCUT2D eigenvalue weighted by molar-refractivity contribution is 6.33. The lowest BCUT2D eigenvalue weighted by Gasteiger charge is -2.13. The van der Waals surface area contributed by atoms with Gasteiger partial charge < -0.3 is 10.1 Å². The second-order valence-corrected chi connectivity index (χ2v) is 6.10. The molecule has 0 radical (unpaired) electrons. The van der Waals surface area contributed by atoms with Crippen molar-refractivity contribution in [2.75, 3.05) is 5.32 Å². The molecule has 1 amide bonds. The number of anilines is 1. The summed E-state index contributed by atoms with van der Waals surface area (Å²) in [5.41, 5.74) is 4.50. The second kappa shape index (κ2) is 7.71. The van der Waals surface area contributed by atoms with Gasteiger partial charge in [-0.25, -0.2) is 0 Å². The normalized spacial score (nSPS) is 10.3. The minimum Gasteiger partial charge on any atom is -0.488 e. The molecule has 0 saturated heterocycles. The van der Waals surface area contributed by atoms with Crippen molar-refractivity contribution in [1.29, 1.82) is 0 Å². The zero-order valence-electron chi connectivity index (χ0n) is 14.5. The summed E-state index contributed by atoms with van der Waals surface area (Å²) in [4.78, 5) is 12.7. The maximum absolute atomic E-state index is 12.7. The Bertz CT molecular complexity index is 878. The molecular weight excluding hydrogens is 309 g/mol. The lowest BCUT2D eigenvalue weighted by Crippen LogP contribution is -2.17. The monoisotopic (exact) mass is 329 g/mol. The summed E-state index contributed by atoms with van der Waals surface area (Å²) in [7, 11) is 1.96. The van der Waals surface area contributed by atoms with Crippen molar-refractivity contribution in [1.82, 2.24) is 0 Å². The molecule has 0 saturated carbocycles. The van der Waals surface area contributed by atoms with Gasteiger partial charge in [0.15, 0.2) is 0 Å². The third kappa shape index (κ3) is 4.51. The van der Waals surface area contributed by atoms with Crippen LogP contribution >= 0.6 is 0 Å². The topological polar surface area (TPSA) is 38.3 Å². The van der Waals surface area contributed by atoms with E-state index in [0.717, 1.165) is 22.3 Å². The fraction of sp³-hybridized carbons (Fsp3) is 0.0952. The predicted octanol–water partition coefficient (Wildman–Crippen LogP) is 3.08. The van der Waals surface area contributed by atoms with Crippen molar-refractivity contribution >= 4 is 24.9 Å². The molecule has 0 fully saturated rings. The van der Waals surface area contributed by atoms with Gasteiger partial charge in [0.05, 0.1) is 5.56 Å². The van der Waals surface area contributed by atoms with E-state index in [1.54, 1.807) is 0 Å². The average Bonchev–Trinajstić information content (AvgIpc) is 2.61. The molecule has 0 aliphatic carbocycles. The van der Waals surface area contributed by atoms with Crippen LogP contribution in [0.2, 0.25) is 0 Å². The van der Waals surface area contributed by atoms with E-state index in [-0.39, 0.29) is 5.91 Å². The van der Waals surface area contributed by atoms with Crippen LogP contribution in [-0.4, -0.2) is 13.8 Å². The van der Waals surface area contributed by atoms with Gasteiger partial charge in [0.25, 0.3) is 5.91 Å². The van der Waals surface area contributed by atoms with Gasteiger partial charge in [-0.05, 0) is 36.2 Å². The average molecular weight is 329 g/mol. The van der Waals surface area contributed by atoms with E-state index in [0.29, 0.717) is 17.9 Å². The van der Waals surface area contributed by atoms with Gasteiger partial charge in [0.1, 0.15) is 20.2 Å². The SMILES string of the molecule is Bc1ccc(OCc2ccccc2)c(C(=O)Nc2cccc(C)c2)c1. The summed E-state index contributed by atoms with van der Waals surface area (Å²) >= 11 is 0. The molecule has 0 bridgehead atoms. The summed E-state index contributed by atoms with van der Waals surface area (Å²) < 4.78 is 5.90. The van der Waals surface area contributed by atoms with E-state index in [1.807, 2.05) is 87.6 Å². The van der Waals surface area contributed by atoms with E-state index in [1.165, 1.54) is 0 Å². The van der Waals surface area contributed by atoms with Crippen LogP contribution in [0.5, 0.6) is 5.75 Å². The first-order valence-electron chi connectivity index (χ1n) is 8.27. The number of hydrogen-bond donors (Lipinski definition) is 1. The van der Waals surface area contributed by atoms with Gasteiger partial charge in [-0.1, -0.05) is 60.1 Å². The molecule has 25 heavy (non-hydrogen) atoms. The predicted molar refractivity (Wildman–Crippen MR) is 105 cm³/mol. The third-order valence-corrected chi connectivity index (χ3v) is 3.89. The van der Waals surface area contributed by atoms with Gasteiger partial charge in [-0.15, -0.1) is 0 Å². The summed E-state index contributed by atoms with van der Waals surface area (Å²) in [6.45, 7) is 2.42. The highest BCUT2D eigenvalue weighted by atomic mass is 16.5. The zero-order valence-corrected chi connectivity index (χ0v) is 14.5. The first-order chi connectivity index (χ1) is 12.1. The number of nitrogens with one attached hydrogen (secondary N) is 1. The summed E-state index contributed by atoms with van der Waals surface area (Å²) in [5.74, 6) is 0.414. The Hall–Kier alpha value is -3.01. The maximum Gasteiger partial charge on any atom is 0.259 e. The molecule has 0 spiro atoms. The Morgan fingerprint density at radius 1 is 1.00 bits per heavy atom. The van der Waals surface area contributed by atoms with E-state index in [4.69, 9.17) is 4.74 Å². The first kappa shape index (κ1) is 16.8. The smallest absolute Gasteiger partial charge is 0.259 e. The molecule has 4 heteroatoms. The van der Waals surface area contributed by atoms with Gasteiger partial charge in [0.2, 0.25) is 0 Å². The molecule has 3 aromatic carbocycles. The Balaban J connectivity index is 1.79. The van der Waals surface area contributed by atoms with Gasteiger partial charge in [-0.3, -0.25) is 4.79 Å². The number of ether oxygens (including phenoxy) is 1. The molecule has 3 aromatic rings. The number of carbonyl (C=O) groups excluding carboxylic acids is 1. The molecule has 124 valence electrons. The van der Waals surface area contributed by atoms with Gasteiger partial charge in [0, 0.05) is 5.69 Å². The van der Waals surface area contributed by atoms with Gasteiger partial charge in [-0.2, -0.15) is 0 Å². The van der Waals surface area contributed by atoms with Crippen molar-refractivity contribution in [3.8, 4) is 5.75 Å². The highest BCUT2D eigenvalue weighted by Crippen LogP contribution is 2.20. The van der Waals surface area contributed by atoms with E-state index in [9.17, 15) is 4.79 Å². The molecule has 0 heterocycles. The van der Waals surface area contributed by atoms with Crippen molar-refractivity contribution in [2.45, 2.75) is 13.5 Å². The fourth-order valence-corrected chi connectivity index (χ4v) is 2.60. The van der Waals surface area contributed by atoms with Gasteiger partial charge >= 0.3 is 0 Å². The minimum atomic E-state index is -0.169. The number of aryl methyl sites for hydroxylation is 1. The minimum absolute atomic E-state index is 0.169. The lowest BCUT2D eigenvalue weighted by molar-refractivity contribution is 0.102. The standard InChI is InChI=1S/C21H20BNO2/c1-15-6-5-9-18(12-15)23-21(24)19-13-17(22)10-11-20(19)25-14-16-7-3-2-4-8-16/h2-13H,14,22H2,1H3,(H,23,24).